The Labute approximate surface area is 230 Å². The van der Waals surface area contributed by atoms with Crippen molar-refractivity contribution in [1.82, 2.24) is 24.6 Å². The Morgan fingerprint density at radius 3 is 2.65 bits per heavy atom. The maximum atomic E-state index is 16.0. The first-order valence-electron chi connectivity index (χ1n) is 12.5. The van der Waals surface area contributed by atoms with Crippen LogP contribution in [-0.2, 0) is 23.4 Å². The van der Waals surface area contributed by atoms with Crippen LogP contribution in [0.3, 0.4) is 0 Å². The SMILES string of the molecule is CNc1nc(N)nc2c1ncn2[C@@H]1O[C@H](COP(=O)(N[C@@H](C)C(=O)OC(C)C)Oc2ccccc2)[C@@H](O)[C@@]1(C)F. The van der Waals surface area contributed by atoms with Crippen molar-refractivity contribution in [2.45, 2.75) is 63.9 Å². The molecule has 0 bridgehead atoms. The third kappa shape index (κ3) is 6.18. The van der Waals surface area contributed by atoms with E-state index in [1.54, 1.807) is 51.2 Å². The molecule has 1 unspecified atom stereocenters. The summed E-state index contributed by atoms with van der Waals surface area (Å²) in [5.74, 6) is -0.243. The number of alkyl halides is 1. The lowest BCUT2D eigenvalue weighted by Crippen LogP contribution is -2.41. The van der Waals surface area contributed by atoms with Gasteiger partial charge in [0.05, 0.1) is 19.0 Å². The molecule has 40 heavy (non-hydrogen) atoms. The van der Waals surface area contributed by atoms with E-state index in [0.29, 0.717) is 11.3 Å². The van der Waals surface area contributed by atoms with Crippen LogP contribution >= 0.6 is 7.75 Å². The van der Waals surface area contributed by atoms with E-state index >= 15 is 4.39 Å². The summed E-state index contributed by atoms with van der Waals surface area (Å²) in [4.78, 5) is 24.8. The number of hydrogen-bond donors (Lipinski definition) is 4. The topological polar surface area (TPSA) is 185 Å². The number of ether oxygens (including phenoxy) is 2. The average Bonchev–Trinajstić information content (AvgIpc) is 3.40. The van der Waals surface area contributed by atoms with Crippen molar-refractivity contribution in [2.75, 3.05) is 24.7 Å². The highest BCUT2D eigenvalue weighted by atomic mass is 31.2. The zero-order valence-electron chi connectivity index (χ0n) is 22.6. The molecule has 1 aliphatic rings. The van der Waals surface area contributed by atoms with Crippen LogP contribution in [0.4, 0.5) is 16.2 Å². The van der Waals surface area contributed by atoms with Gasteiger partial charge in [0.1, 0.15) is 24.0 Å². The quantitative estimate of drug-likeness (QED) is 0.191. The van der Waals surface area contributed by atoms with Gasteiger partial charge in [0.25, 0.3) is 0 Å². The van der Waals surface area contributed by atoms with Gasteiger partial charge in [-0.3, -0.25) is 13.9 Å². The third-order valence-corrected chi connectivity index (χ3v) is 7.72. The minimum absolute atomic E-state index is 0.0761. The van der Waals surface area contributed by atoms with Crippen LogP contribution in [0.1, 0.15) is 33.9 Å². The molecule has 0 saturated carbocycles. The summed E-state index contributed by atoms with van der Waals surface area (Å²) in [6.45, 7) is 5.37. The van der Waals surface area contributed by atoms with Crippen molar-refractivity contribution in [2.24, 2.45) is 0 Å². The number of fused-ring (bicyclic) bond motifs is 1. The molecular weight excluding hydrogens is 548 g/mol. The Kier molecular flexibility index (Phi) is 8.61. The number of carbonyl (C=O) groups excluding carboxylic acids is 1. The van der Waals surface area contributed by atoms with Crippen molar-refractivity contribution in [3.63, 3.8) is 0 Å². The number of anilines is 2. The molecule has 0 aliphatic carbocycles. The Balaban J connectivity index is 1.56. The number of nitrogens with two attached hydrogens (primary N) is 1. The Morgan fingerprint density at radius 1 is 1.30 bits per heavy atom. The summed E-state index contributed by atoms with van der Waals surface area (Å²) in [5, 5.41) is 16.2. The number of para-hydroxylation sites is 1. The molecule has 1 fully saturated rings. The molecule has 16 heteroatoms. The number of imidazole rings is 1. The second kappa shape index (κ2) is 11.6. The fraction of sp³-hybridized carbons (Fsp3) is 0.500. The van der Waals surface area contributed by atoms with E-state index in [1.807, 2.05) is 0 Å². The highest BCUT2D eigenvalue weighted by molar-refractivity contribution is 7.52. The molecule has 3 heterocycles. The number of benzene rings is 1. The summed E-state index contributed by atoms with van der Waals surface area (Å²) < 4.78 is 53.2. The number of esters is 1. The number of nitrogen functional groups attached to an aromatic ring is 1. The molecule has 218 valence electrons. The van der Waals surface area contributed by atoms with E-state index in [1.165, 1.54) is 17.8 Å². The van der Waals surface area contributed by atoms with Crippen molar-refractivity contribution in [3.8, 4) is 5.75 Å². The minimum atomic E-state index is -4.28. The highest BCUT2D eigenvalue weighted by Gasteiger charge is 2.56. The molecule has 3 aromatic rings. The molecule has 5 N–H and O–H groups in total. The number of halogens is 1. The van der Waals surface area contributed by atoms with Gasteiger partial charge >= 0.3 is 13.7 Å². The normalized spacial score (nSPS) is 25.1. The van der Waals surface area contributed by atoms with Crippen LogP contribution in [0.25, 0.3) is 11.2 Å². The van der Waals surface area contributed by atoms with Gasteiger partial charge in [-0.25, -0.2) is 13.9 Å². The van der Waals surface area contributed by atoms with E-state index in [9.17, 15) is 14.5 Å². The second-order valence-electron chi connectivity index (χ2n) is 9.66. The highest BCUT2D eigenvalue weighted by Crippen LogP contribution is 2.48. The summed E-state index contributed by atoms with van der Waals surface area (Å²) in [6, 6.07) is 7.05. The largest absolute Gasteiger partial charge is 0.462 e. The van der Waals surface area contributed by atoms with Crippen LogP contribution in [0, 0.1) is 0 Å². The molecule has 1 aromatic carbocycles. The van der Waals surface area contributed by atoms with Crippen molar-refractivity contribution in [1.29, 1.82) is 0 Å². The van der Waals surface area contributed by atoms with E-state index < -0.39 is 56.6 Å². The van der Waals surface area contributed by atoms with Gasteiger partial charge in [0, 0.05) is 7.05 Å². The smallest absolute Gasteiger partial charge is 0.459 e. The van der Waals surface area contributed by atoms with Gasteiger partial charge in [-0.15, -0.1) is 0 Å². The summed E-state index contributed by atoms with van der Waals surface area (Å²) in [5.41, 5.74) is 3.94. The monoisotopic (exact) mass is 581 g/mol. The number of nitrogens with one attached hydrogen (secondary N) is 2. The molecular formula is C24H33FN7O7P. The van der Waals surface area contributed by atoms with Crippen molar-refractivity contribution < 1.29 is 37.4 Å². The van der Waals surface area contributed by atoms with E-state index in [0.717, 1.165) is 6.92 Å². The van der Waals surface area contributed by atoms with E-state index in [4.69, 9.17) is 24.3 Å². The molecule has 1 aliphatic heterocycles. The number of aromatic nitrogens is 4. The maximum absolute atomic E-state index is 16.0. The number of rotatable bonds is 11. The van der Waals surface area contributed by atoms with Crippen LogP contribution in [0.5, 0.6) is 5.75 Å². The molecule has 0 spiro atoms. The van der Waals surface area contributed by atoms with Gasteiger partial charge in [0.2, 0.25) is 5.95 Å². The summed E-state index contributed by atoms with van der Waals surface area (Å²) in [7, 11) is -2.66. The third-order valence-electron chi connectivity index (χ3n) is 6.08. The molecule has 0 radical (unpaired) electrons. The Bertz CT molecular complexity index is 1390. The lowest BCUT2D eigenvalue weighted by atomic mass is 9.98. The fourth-order valence-electron chi connectivity index (χ4n) is 4.14. The van der Waals surface area contributed by atoms with Gasteiger partial charge in [-0.05, 0) is 39.8 Å². The molecule has 14 nitrogen and oxygen atoms in total. The molecule has 4 rings (SSSR count). The number of aliphatic hydroxyl groups excluding tert-OH is 1. The van der Waals surface area contributed by atoms with Gasteiger partial charge < -0.3 is 30.2 Å². The van der Waals surface area contributed by atoms with Crippen LogP contribution < -0.4 is 20.7 Å². The number of nitrogens with zero attached hydrogens (tertiary/aromatic N) is 4. The average molecular weight is 582 g/mol. The fourth-order valence-corrected chi connectivity index (χ4v) is 5.64. The molecule has 1 saturated heterocycles. The zero-order valence-corrected chi connectivity index (χ0v) is 23.5. The lowest BCUT2D eigenvalue weighted by Gasteiger charge is -2.25. The first-order chi connectivity index (χ1) is 18.8. The van der Waals surface area contributed by atoms with Crippen molar-refractivity contribution >= 4 is 36.6 Å². The van der Waals surface area contributed by atoms with Crippen molar-refractivity contribution in [3.05, 3.63) is 36.7 Å². The van der Waals surface area contributed by atoms with Gasteiger partial charge in [-0.2, -0.15) is 15.1 Å². The first-order valence-corrected chi connectivity index (χ1v) is 14.1. The maximum Gasteiger partial charge on any atom is 0.459 e. The minimum Gasteiger partial charge on any atom is -0.462 e. The van der Waals surface area contributed by atoms with Crippen LogP contribution in [0.15, 0.2) is 36.7 Å². The predicted octanol–water partition coefficient (Wildman–Crippen LogP) is 2.57. The van der Waals surface area contributed by atoms with E-state index in [-0.39, 0.29) is 17.3 Å². The summed E-state index contributed by atoms with van der Waals surface area (Å²) >= 11 is 0. The Hall–Kier alpha value is -3.36. The molecule has 2 aromatic heterocycles. The Morgan fingerprint density at radius 2 is 2.00 bits per heavy atom. The van der Waals surface area contributed by atoms with Crippen LogP contribution in [0.2, 0.25) is 0 Å². The zero-order chi connectivity index (χ0) is 29.2. The van der Waals surface area contributed by atoms with Gasteiger partial charge in [0.15, 0.2) is 28.9 Å². The first kappa shape index (κ1) is 29.6. The number of carbonyl (C=O) groups is 1. The second-order valence-corrected chi connectivity index (χ2v) is 11.4. The van der Waals surface area contributed by atoms with Crippen LogP contribution in [-0.4, -0.2) is 74.3 Å². The predicted molar refractivity (Wildman–Crippen MR) is 143 cm³/mol. The molecule has 0 amide bonds. The standard InChI is InChI=1S/C24H33FN7O7P/c1-13(2)37-21(34)14(3)31-40(35,39-15-9-7-6-8-10-15)36-11-16-18(33)24(4,25)22(38-16)32-12-28-17-19(27-5)29-23(26)30-20(17)32/h6-10,12-14,16,18,22,33H,11H2,1-5H3,(H,31,35)(H3,26,27,29,30)/t14-,16+,18+,22+,24+,40?/m0/s1. The molecule has 6 atom stereocenters. The number of aliphatic hydroxyl groups is 1. The lowest BCUT2D eigenvalue weighted by molar-refractivity contribution is -0.149. The summed E-state index contributed by atoms with van der Waals surface area (Å²) in [6.07, 6.45) is -3.52. The van der Waals surface area contributed by atoms with Gasteiger partial charge in [-0.1, -0.05) is 18.2 Å². The number of hydrogen-bond acceptors (Lipinski definition) is 12. The van der Waals surface area contributed by atoms with E-state index in [2.05, 4.69) is 25.4 Å².